The predicted molar refractivity (Wildman–Crippen MR) is 95.9 cm³/mol. The molecule has 0 aromatic rings. The lowest BCUT2D eigenvalue weighted by atomic mass is 10.1. The van der Waals surface area contributed by atoms with Crippen molar-refractivity contribution in [3.8, 4) is 0 Å². The van der Waals surface area contributed by atoms with Crippen LogP contribution in [0.4, 0.5) is 0 Å². The number of carbonyl (C=O) groups excluding carboxylic acids is 2. The van der Waals surface area contributed by atoms with E-state index < -0.39 is 12.1 Å². The van der Waals surface area contributed by atoms with Gasteiger partial charge in [-0.1, -0.05) is 39.5 Å². The van der Waals surface area contributed by atoms with E-state index in [2.05, 4.69) is 13.8 Å². The maximum atomic E-state index is 12.5. The van der Waals surface area contributed by atoms with Crippen molar-refractivity contribution in [2.45, 2.75) is 64.5 Å². The molecule has 0 aliphatic rings. The van der Waals surface area contributed by atoms with Gasteiger partial charge in [-0.05, 0) is 41.0 Å². The summed E-state index contributed by atoms with van der Waals surface area (Å²) in [4.78, 5) is 28.4. The normalized spacial score (nSPS) is 13.8. The van der Waals surface area contributed by atoms with E-state index in [4.69, 9.17) is 9.47 Å². The Morgan fingerprint density at radius 3 is 1.29 bits per heavy atom. The second-order valence-electron chi connectivity index (χ2n) is 6.57. The highest BCUT2D eigenvalue weighted by atomic mass is 16.5. The summed E-state index contributed by atoms with van der Waals surface area (Å²) < 4.78 is 10.8. The van der Waals surface area contributed by atoms with Crippen LogP contribution in [0.5, 0.6) is 0 Å². The Morgan fingerprint density at radius 2 is 1.04 bits per heavy atom. The molecule has 6 heteroatoms. The molecule has 0 radical (unpaired) electrons. The number of hydrogen-bond donors (Lipinski definition) is 0. The van der Waals surface area contributed by atoms with Gasteiger partial charge in [0.2, 0.25) is 0 Å². The van der Waals surface area contributed by atoms with Crippen molar-refractivity contribution in [2.75, 3.05) is 41.4 Å². The molecule has 0 N–H and O–H groups in total. The average Bonchev–Trinajstić information content (AvgIpc) is 2.52. The minimum atomic E-state index is -0.680. The van der Waals surface area contributed by atoms with E-state index in [0.717, 1.165) is 38.5 Å². The molecule has 0 aliphatic heterocycles. The van der Waals surface area contributed by atoms with Crippen molar-refractivity contribution < 1.29 is 19.1 Å². The van der Waals surface area contributed by atoms with Crippen LogP contribution in [0, 0.1) is 0 Å². The zero-order chi connectivity index (χ0) is 18.5. The summed E-state index contributed by atoms with van der Waals surface area (Å²) in [5, 5.41) is 0. The molecular weight excluding hydrogens is 308 g/mol. The Bertz CT molecular complexity index is 325. The van der Waals surface area contributed by atoms with E-state index >= 15 is 0 Å². The van der Waals surface area contributed by atoms with Crippen LogP contribution < -0.4 is 0 Å². The van der Waals surface area contributed by atoms with Crippen LogP contribution in [0.15, 0.2) is 0 Å². The van der Waals surface area contributed by atoms with Gasteiger partial charge in [-0.3, -0.25) is 19.4 Å². The van der Waals surface area contributed by atoms with Crippen molar-refractivity contribution in [1.82, 2.24) is 9.80 Å². The molecule has 0 amide bonds. The van der Waals surface area contributed by atoms with Crippen LogP contribution in [0.25, 0.3) is 0 Å². The Labute approximate surface area is 147 Å². The first-order chi connectivity index (χ1) is 11.4. The second kappa shape index (κ2) is 13.2. The minimum Gasteiger partial charge on any atom is -0.464 e. The molecule has 0 rings (SSSR count). The molecular formula is C18H36N2O4. The van der Waals surface area contributed by atoms with Crippen molar-refractivity contribution in [3.63, 3.8) is 0 Å². The molecule has 0 aromatic carbocycles. The van der Waals surface area contributed by atoms with Crippen LogP contribution in [0.3, 0.4) is 0 Å². The maximum absolute atomic E-state index is 12.5. The molecule has 6 nitrogen and oxygen atoms in total. The molecule has 2 unspecified atom stereocenters. The third kappa shape index (κ3) is 8.64. The van der Waals surface area contributed by atoms with Crippen molar-refractivity contribution in [1.29, 1.82) is 0 Å². The van der Waals surface area contributed by atoms with Gasteiger partial charge >= 0.3 is 11.9 Å². The van der Waals surface area contributed by atoms with Gasteiger partial charge in [0, 0.05) is 0 Å². The van der Waals surface area contributed by atoms with Gasteiger partial charge in [0.15, 0.2) is 0 Å². The standard InChI is InChI=1S/C18H36N2O4/c1-7-9-11-13-23-17(21)15(19(3)4)16(20(5)6)18(22)24-14-12-10-8-2/h15-16H,7-14H2,1-6H3. The Hall–Kier alpha value is -1.14. The highest BCUT2D eigenvalue weighted by Crippen LogP contribution is 2.12. The molecule has 0 aromatic heterocycles. The SMILES string of the molecule is CCCCCOC(=O)C(C(C(=O)OCCCCC)N(C)C)N(C)C. The summed E-state index contributed by atoms with van der Waals surface area (Å²) in [6.45, 7) is 4.98. The zero-order valence-electron chi connectivity index (χ0n) is 16.3. The summed E-state index contributed by atoms with van der Waals surface area (Å²) in [7, 11) is 7.11. The topological polar surface area (TPSA) is 59.1 Å². The van der Waals surface area contributed by atoms with E-state index in [0.29, 0.717) is 13.2 Å². The predicted octanol–water partition coefficient (Wildman–Crippen LogP) is 2.31. The van der Waals surface area contributed by atoms with Gasteiger partial charge in [0.1, 0.15) is 12.1 Å². The summed E-state index contributed by atoms with van der Waals surface area (Å²) in [6, 6.07) is -1.36. The van der Waals surface area contributed by atoms with Crippen LogP contribution in [0.1, 0.15) is 52.4 Å². The number of esters is 2. The fraction of sp³-hybridized carbons (Fsp3) is 0.889. The van der Waals surface area contributed by atoms with Crippen molar-refractivity contribution >= 4 is 11.9 Å². The van der Waals surface area contributed by atoms with Crippen LogP contribution in [-0.2, 0) is 19.1 Å². The monoisotopic (exact) mass is 344 g/mol. The van der Waals surface area contributed by atoms with Crippen LogP contribution in [-0.4, -0.2) is 75.2 Å². The number of ether oxygens (including phenoxy) is 2. The minimum absolute atomic E-state index is 0.375. The van der Waals surface area contributed by atoms with E-state index in [1.165, 1.54) is 0 Å². The first kappa shape index (κ1) is 22.9. The van der Waals surface area contributed by atoms with Gasteiger partial charge in [-0.25, -0.2) is 0 Å². The van der Waals surface area contributed by atoms with Crippen LogP contribution >= 0.6 is 0 Å². The number of nitrogens with zero attached hydrogens (tertiary/aromatic N) is 2. The molecule has 2 atom stereocenters. The molecule has 0 heterocycles. The van der Waals surface area contributed by atoms with Gasteiger partial charge in [0.25, 0.3) is 0 Å². The number of carbonyl (C=O) groups is 2. The number of hydrogen-bond acceptors (Lipinski definition) is 6. The number of unbranched alkanes of at least 4 members (excludes halogenated alkanes) is 4. The molecule has 24 heavy (non-hydrogen) atoms. The first-order valence-electron chi connectivity index (χ1n) is 9.02. The molecule has 0 saturated heterocycles. The molecule has 0 saturated carbocycles. The van der Waals surface area contributed by atoms with E-state index in [1.54, 1.807) is 38.0 Å². The third-order valence-corrected chi connectivity index (χ3v) is 3.88. The largest absolute Gasteiger partial charge is 0.464 e. The van der Waals surface area contributed by atoms with E-state index in [9.17, 15) is 9.59 Å². The lowest BCUT2D eigenvalue weighted by Crippen LogP contribution is -2.56. The molecule has 0 fully saturated rings. The number of rotatable bonds is 13. The lowest BCUT2D eigenvalue weighted by molar-refractivity contribution is -0.162. The van der Waals surface area contributed by atoms with E-state index in [1.807, 2.05) is 0 Å². The second-order valence-corrected chi connectivity index (χ2v) is 6.57. The van der Waals surface area contributed by atoms with Crippen LogP contribution in [0.2, 0.25) is 0 Å². The molecule has 0 spiro atoms. The maximum Gasteiger partial charge on any atom is 0.325 e. The quantitative estimate of drug-likeness (QED) is 0.377. The Morgan fingerprint density at radius 1 is 0.708 bits per heavy atom. The summed E-state index contributed by atoms with van der Waals surface area (Å²) >= 11 is 0. The Balaban J connectivity index is 4.83. The fourth-order valence-corrected chi connectivity index (χ4v) is 2.46. The van der Waals surface area contributed by atoms with Gasteiger partial charge < -0.3 is 9.47 Å². The zero-order valence-corrected chi connectivity index (χ0v) is 16.3. The molecule has 142 valence electrons. The summed E-state index contributed by atoms with van der Waals surface area (Å²) in [5.41, 5.74) is 0. The first-order valence-corrected chi connectivity index (χ1v) is 9.02. The fourth-order valence-electron chi connectivity index (χ4n) is 2.46. The Kier molecular flexibility index (Phi) is 12.6. The summed E-state index contributed by atoms with van der Waals surface area (Å²) in [6.07, 6.45) is 5.87. The smallest absolute Gasteiger partial charge is 0.325 e. The molecule has 0 aliphatic carbocycles. The van der Waals surface area contributed by atoms with Gasteiger partial charge in [0.05, 0.1) is 13.2 Å². The van der Waals surface area contributed by atoms with Crippen molar-refractivity contribution in [2.24, 2.45) is 0 Å². The number of likely N-dealkylation sites (N-methyl/N-ethyl adjacent to an activating group) is 2. The van der Waals surface area contributed by atoms with Gasteiger partial charge in [-0.15, -0.1) is 0 Å². The lowest BCUT2D eigenvalue weighted by Gasteiger charge is -2.33. The van der Waals surface area contributed by atoms with Crippen molar-refractivity contribution in [3.05, 3.63) is 0 Å². The highest BCUT2D eigenvalue weighted by Gasteiger charge is 2.39. The highest BCUT2D eigenvalue weighted by molar-refractivity contribution is 5.87. The van der Waals surface area contributed by atoms with E-state index in [-0.39, 0.29) is 11.9 Å². The van der Waals surface area contributed by atoms with Gasteiger partial charge in [-0.2, -0.15) is 0 Å². The third-order valence-electron chi connectivity index (χ3n) is 3.88. The summed E-state index contributed by atoms with van der Waals surface area (Å²) in [5.74, 6) is -0.749. The molecule has 0 bridgehead atoms. The average molecular weight is 344 g/mol.